The number of ketones is 1. The molecule has 0 saturated carbocycles. The van der Waals surface area contributed by atoms with Gasteiger partial charge in [0.15, 0.2) is 0 Å². The van der Waals surface area contributed by atoms with Crippen LogP contribution in [0.5, 0.6) is 0 Å². The fraction of sp³-hybridized carbons (Fsp3) is 0.118. The minimum atomic E-state index is -0.159. The van der Waals surface area contributed by atoms with Crippen LogP contribution in [0.25, 0.3) is 0 Å². The summed E-state index contributed by atoms with van der Waals surface area (Å²) >= 11 is 13.6. The average molecular weight is 378 g/mol. The first kappa shape index (κ1) is 17.0. The summed E-state index contributed by atoms with van der Waals surface area (Å²) in [5.41, 5.74) is 1.57. The smallest absolute Gasteiger partial charge is 0.215 e. The fourth-order valence-electron chi connectivity index (χ4n) is 2.30. The lowest BCUT2D eigenvalue weighted by Gasteiger charge is -2.07. The zero-order chi connectivity index (χ0) is 17.3. The molecule has 0 radical (unpaired) electrons. The number of aryl methyl sites for hydroxylation is 2. The van der Waals surface area contributed by atoms with Crippen molar-refractivity contribution in [2.24, 2.45) is 7.05 Å². The Morgan fingerprint density at radius 1 is 1.21 bits per heavy atom. The first-order chi connectivity index (χ1) is 11.5. The van der Waals surface area contributed by atoms with Gasteiger partial charge in [-0.15, -0.1) is 0 Å². The number of carbonyl (C=O) groups excluding carboxylic acids is 1. The standard InChI is InChI=1S/C17H13Cl2N3OS/c1-10-15(16(23)13-5-3-4-8-20-13)17(22(2)21-10)24-14-7-6-11(18)9-12(14)19/h3-9H,1-2H3. The maximum atomic E-state index is 12.8. The van der Waals surface area contributed by atoms with Gasteiger partial charge < -0.3 is 0 Å². The molecule has 0 spiro atoms. The van der Waals surface area contributed by atoms with Gasteiger partial charge in [-0.3, -0.25) is 14.5 Å². The molecule has 2 aromatic heterocycles. The molecule has 4 nitrogen and oxygen atoms in total. The van der Waals surface area contributed by atoms with E-state index in [-0.39, 0.29) is 5.78 Å². The molecule has 1 aromatic carbocycles. The molecule has 0 aliphatic rings. The van der Waals surface area contributed by atoms with Crippen LogP contribution in [0.4, 0.5) is 0 Å². The van der Waals surface area contributed by atoms with Crippen LogP contribution >= 0.6 is 35.0 Å². The molecule has 0 amide bonds. The minimum Gasteiger partial charge on any atom is -0.287 e. The third-order valence-electron chi connectivity index (χ3n) is 3.39. The number of pyridine rings is 1. The van der Waals surface area contributed by atoms with E-state index in [1.165, 1.54) is 11.8 Å². The van der Waals surface area contributed by atoms with Crippen molar-refractivity contribution in [3.63, 3.8) is 0 Å². The lowest BCUT2D eigenvalue weighted by Crippen LogP contribution is -2.06. The quantitative estimate of drug-likeness (QED) is 0.611. The number of nitrogens with zero attached hydrogens (tertiary/aromatic N) is 3. The van der Waals surface area contributed by atoms with E-state index in [1.54, 1.807) is 48.3 Å². The fourth-order valence-corrected chi connectivity index (χ4v) is 3.84. The topological polar surface area (TPSA) is 47.8 Å². The van der Waals surface area contributed by atoms with Crippen LogP contribution < -0.4 is 0 Å². The molecule has 3 rings (SSSR count). The Morgan fingerprint density at radius 3 is 2.67 bits per heavy atom. The average Bonchev–Trinajstić information content (AvgIpc) is 2.84. The van der Waals surface area contributed by atoms with Crippen LogP contribution in [0.1, 0.15) is 21.7 Å². The van der Waals surface area contributed by atoms with Gasteiger partial charge in [0.1, 0.15) is 10.7 Å². The van der Waals surface area contributed by atoms with Gasteiger partial charge in [0.05, 0.1) is 16.3 Å². The first-order valence-electron chi connectivity index (χ1n) is 7.09. The van der Waals surface area contributed by atoms with Crippen molar-refractivity contribution in [2.45, 2.75) is 16.8 Å². The molecular formula is C17H13Cl2N3OS. The third kappa shape index (κ3) is 3.34. The van der Waals surface area contributed by atoms with Gasteiger partial charge in [-0.25, -0.2) is 0 Å². The summed E-state index contributed by atoms with van der Waals surface area (Å²) in [7, 11) is 1.80. The van der Waals surface area contributed by atoms with Gasteiger partial charge >= 0.3 is 0 Å². The summed E-state index contributed by atoms with van der Waals surface area (Å²) in [6, 6.07) is 10.5. The second kappa shape index (κ2) is 6.97. The van der Waals surface area contributed by atoms with Crippen LogP contribution in [-0.2, 0) is 7.05 Å². The maximum absolute atomic E-state index is 12.8. The number of benzene rings is 1. The number of halogens is 2. The largest absolute Gasteiger partial charge is 0.287 e. The van der Waals surface area contributed by atoms with Gasteiger partial charge in [-0.05, 0) is 37.3 Å². The molecule has 0 aliphatic carbocycles. The van der Waals surface area contributed by atoms with Crippen molar-refractivity contribution in [3.8, 4) is 0 Å². The third-order valence-corrected chi connectivity index (χ3v) is 5.29. The summed E-state index contributed by atoms with van der Waals surface area (Å²) in [4.78, 5) is 17.8. The van der Waals surface area contributed by atoms with Gasteiger partial charge in [-0.2, -0.15) is 5.10 Å². The Balaban J connectivity index is 2.04. The predicted octanol–water partition coefficient (Wildman–Crippen LogP) is 4.81. The highest BCUT2D eigenvalue weighted by atomic mass is 35.5. The number of aromatic nitrogens is 3. The molecule has 3 aromatic rings. The van der Waals surface area contributed by atoms with Gasteiger partial charge in [-0.1, -0.05) is 41.0 Å². The Hall–Kier alpha value is -1.82. The molecular weight excluding hydrogens is 365 g/mol. The highest BCUT2D eigenvalue weighted by Gasteiger charge is 2.23. The van der Waals surface area contributed by atoms with Gasteiger partial charge in [0.25, 0.3) is 0 Å². The second-order valence-electron chi connectivity index (χ2n) is 5.11. The van der Waals surface area contributed by atoms with Gasteiger partial charge in [0.2, 0.25) is 5.78 Å². The van der Waals surface area contributed by atoms with E-state index in [2.05, 4.69) is 10.1 Å². The maximum Gasteiger partial charge on any atom is 0.215 e. The minimum absolute atomic E-state index is 0.159. The molecule has 0 bridgehead atoms. The summed E-state index contributed by atoms with van der Waals surface area (Å²) < 4.78 is 1.68. The Bertz CT molecular complexity index is 910. The van der Waals surface area contributed by atoms with Crippen molar-refractivity contribution in [1.29, 1.82) is 0 Å². The number of hydrogen-bond donors (Lipinski definition) is 0. The molecule has 24 heavy (non-hydrogen) atoms. The highest BCUT2D eigenvalue weighted by Crippen LogP contribution is 2.37. The summed E-state index contributed by atoms with van der Waals surface area (Å²) in [5.74, 6) is -0.159. The molecule has 7 heteroatoms. The number of rotatable bonds is 4. The van der Waals surface area contributed by atoms with Crippen LogP contribution in [0, 0.1) is 6.92 Å². The van der Waals surface area contributed by atoms with Crippen molar-refractivity contribution >= 4 is 40.7 Å². The lowest BCUT2D eigenvalue weighted by atomic mass is 10.1. The zero-order valence-corrected chi connectivity index (χ0v) is 15.3. The summed E-state index contributed by atoms with van der Waals surface area (Å²) in [6.45, 7) is 1.81. The number of carbonyl (C=O) groups is 1. The second-order valence-corrected chi connectivity index (χ2v) is 6.98. The highest BCUT2D eigenvalue weighted by molar-refractivity contribution is 7.99. The molecule has 2 heterocycles. The van der Waals surface area contributed by atoms with Crippen molar-refractivity contribution in [2.75, 3.05) is 0 Å². The van der Waals surface area contributed by atoms with Crippen molar-refractivity contribution in [3.05, 3.63) is 69.6 Å². The molecule has 0 unspecified atom stereocenters. The predicted molar refractivity (Wildman–Crippen MR) is 96.2 cm³/mol. The van der Waals surface area contributed by atoms with Crippen LogP contribution in [0.3, 0.4) is 0 Å². The van der Waals surface area contributed by atoms with Crippen LogP contribution in [0.15, 0.2) is 52.5 Å². The van der Waals surface area contributed by atoms with E-state index >= 15 is 0 Å². The van der Waals surface area contributed by atoms with E-state index in [4.69, 9.17) is 23.2 Å². The van der Waals surface area contributed by atoms with E-state index in [1.807, 2.05) is 13.0 Å². The zero-order valence-electron chi connectivity index (χ0n) is 13.0. The molecule has 122 valence electrons. The van der Waals surface area contributed by atoms with E-state index in [0.717, 1.165) is 4.90 Å². The van der Waals surface area contributed by atoms with Crippen LogP contribution in [-0.4, -0.2) is 20.5 Å². The van der Waals surface area contributed by atoms with E-state index < -0.39 is 0 Å². The molecule has 0 aliphatic heterocycles. The van der Waals surface area contributed by atoms with Gasteiger partial charge in [0, 0.05) is 23.2 Å². The molecule has 0 atom stereocenters. The Labute approximate surface area is 153 Å². The number of hydrogen-bond acceptors (Lipinski definition) is 4. The van der Waals surface area contributed by atoms with E-state index in [9.17, 15) is 4.79 Å². The summed E-state index contributed by atoms with van der Waals surface area (Å²) in [5, 5.41) is 6.19. The monoisotopic (exact) mass is 377 g/mol. The molecule has 0 fully saturated rings. The lowest BCUT2D eigenvalue weighted by molar-refractivity contribution is 0.103. The SMILES string of the molecule is Cc1nn(C)c(Sc2ccc(Cl)cc2Cl)c1C(=O)c1ccccn1. The molecule has 0 saturated heterocycles. The first-order valence-corrected chi connectivity index (χ1v) is 8.67. The van der Waals surface area contributed by atoms with Crippen molar-refractivity contribution < 1.29 is 4.79 Å². The van der Waals surface area contributed by atoms with E-state index in [0.29, 0.717) is 32.0 Å². The normalized spacial score (nSPS) is 10.8. The Morgan fingerprint density at radius 2 is 2.00 bits per heavy atom. The van der Waals surface area contributed by atoms with Crippen LogP contribution in [0.2, 0.25) is 10.0 Å². The summed E-state index contributed by atoms with van der Waals surface area (Å²) in [6.07, 6.45) is 1.60. The van der Waals surface area contributed by atoms with Crippen molar-refractivity contribution in [1.82, 2.24) is 14.8 Å². The Kier molecular flexibility index (Phi) is 4.94. The molecule has 0 N–H and O–H groups in total.